The zero-order valence-corrected chi connectivity index (χ0v) is 20.7. The minimum Gasteiger partial charge on any atom is -0.392 e. The van der Waals surface area contributed by atoms with Crippen LogP contribution in [-0.4, -0.2) is 45.3 Å². The Morgan fingerprint density at radius 3 is 1.20 bits per heavy atom. The van der Waals surface area contributed by atoms with Crippen molar-refractivity contribution in [3.8, 4) is 0 Å². The summed E-state index contributed by atoms with van der Waals surface area (Å²) in [6, 6.07) is 0. The van der Waals surface area contributed by atoms with Crippen molar-refractivity contribution in [3.63, 3.8) is 0 Å². The fraction of sp³-hybridized carbons (Fsp3) is 1.00. The molecule has 0 heterocycles. The van der Waals surface area contributed by atoms with Gasteiger partial charge in [0.25, 0.3) is 0 Å². The topological polar surface area (TPSA) is 63.9 Å². The predicted octanol–water partition coefficient (Wildman–Crippen LogP) is 6.76. The molecule has 0 bridgehead atoms. The molecular formula is C26H55NO3. The maximum Gasteiger partial charge on any atom is 0.109 e. The van der Waals surface area contributed by atoms with Crippen molar-refractivity contribution in [1.29, 1.82) is 0 Å². The van der Waals surface area contributed by atoms with Gasteiger partial charge in [-0.1, -0.05) is 124 Å². The summed E-state index contributed by atoms with van der Waals surface area (Å²) in [7, 11) is 0. The Bertz CT molecular complexity index is 328. The highest BCUT2D eigenvalue weighted by Crippen LogP contribution is 2.16. The summed E-state index contributed by atoms with van der Waals surface area (Å²) < 4.78 is 0. The van der Waals surface area contributed by atoms with Crippen LogP contribution in [0.5, 0.6) is 0 Å². The monoisotopic (exact) mass is 429 g/mol. The van der Waals surface area contributed by atoms with E-state index in [0.29, 0.717) is 19.4 Å². The van der Waals surface area contributed by atoms with Crippen LogP contribution in [0.25, 0.3) is 0 Å². The molecule has 0 saturated carbocycles. The van der Waals surface area contributed by atoms with E-state index in [0.717, 1.165) is 25.7 Å². The van der Waals surface area contributed by atoms with E-state index in [9.17, 15) is 15.3 Å². The third-order valence-corrected chi connectivity index (χ3v) is 6.17. The fourth-order valence-corrected chi connectivity index (χ4v) is 4.20. The van der Waals surface area contributed by atoms with E-state index in [4.69, 9.17) is 0 Å². The SMILES string of the molecule is CCCCCCCCCCCCCCCCC(O)CN(C(O)CCC)C(O)CCC. The zero-order chi connectivity index (χ0) is 22.5. The Labute approximate surface area is 188 Å². The van der Waals surface area contributed by atoms with Crippen molar-refractivity contribution in [2.24, 2.45) is 0 Å². The van der Waals surface area contributed by atoms with Gasteiger partial charge in [-0.15, -0.1) is 0 Å². The van der Waals surface area contributed by atoms with Gasteiger partial charge in [-0.05, 0) is 19.3 Å². The zero-order valence-electron chi connectivity index (χ0n) is 20.7. The van der Waals surface area contributed by atoms with Gasteiger partial charge in [-0.3, -0.25) is 4.90 Å². The first kappa shape index (κ1) is 29.8. The van der Waals surface area contributed by atoms with Crippen molar-refractivity contribution in [1.82, 2.24) is 4.90 Å². The molecule has 182 valence electrons. The van der Waals surface area contributed by atoms with Gasteiger partial charge in [0, 0.05) is 6.54 Å². The summed E-state index contributed by atoms with van der Waals surface area (Å²) in [6.45, 7) is 6.69. The Morgan fingerprint density at radius 2 is 0.833 bits per heavy atom. The minimum atomic E-state index is -0.664. The molecule has 0 amide bonds. The molecule has 0 aliphatic rings. The third kappa shape index (κ3) is 17.5. The van der Waals surface area contributed by atoms with E-state index in [1.54, 1.807) is 4.90 Å². The van der Waals surface area contributed by atoms with Crippen LogP contribution in [0.15, 0.2) is 0 Å². The molecular weight excluding hydrogens is 374 g/mol. The molecule has 3 N–H and O–H groups in total. The number of hydrogen-bond acceptors (Lipinski definition) is 4. The lowest BCUT2D eigenvalue weighted by molar-refractivity contribution is -0.122. The summed E-state index contributed by atoms with van der Waals surface area (Å²) >= 11 is 0. The van der Waals surface area contributed by atoms with Gasteiger partial charge in [-0.2, -0.15) is 0 Å². The van der Waals surface area contributed by atoms with Crippen molar-refractivity contribution in [2.45, 2.75) is 161 Å². The predicted molar refractivity (Wildman–Crippen MR) is 129 cm³/mol. The van der Waals surface area contributed by atoms with Crippen LogP contribution in [-0.2, 0) is 0 Å². The summed E-state index contributed by atoms with van der Waals surface area (Å²) in [5.41, 5.74) is 0. The maximum absolute atomic E-state index is 10.4. The van der Waals surface area contributed by atoms with E-state index in [1.165, 1.54) is 83.5 Å². The van der Waals surface area contributed by atoms with Gasteiger partial charge >= 0.3 is 0 Å². The van der Waals surface area contributed by atoms with Gasteiger partial charge in [0.1, 0.15) is 12.5 Å². The first-order valence-corrected chi connectivity index (χ1v) is 13.4. The molecule has 0 aliphatic heterocycles. The molecule has 0 aromatic heterocycles. The second-order valence-electron chi connectivity index (χ2n) is 9.27. The molecule has 0 rings (SSSR count). The molecule has 4 nitrogen and oxygen atoms in total. The van der Waals surface area contributed by atoms with Gasteiger partial charge in [0.2, 0.25) is 0 Å². The largest absolute Gasteiger partial charge is 0.392 e. The number of nitrogens with zero attached hydrogens (tertiary/aromatic N) is 1. The molecule has 0 saturated heterocycles. The molecule has 0 spiro atoms. The van der Waals surface area contributed by atoms with Crippen LogP contribution in [0.3, 0.4) is 0 Å². The highest BCUT2D eigenvalue weighted by molar-refractivity contribution is 4.70. The van der Waals surface area contributed by atoms with E-state index in [2.05, 4.69) is 6.92 Å². The lowest BCUT2D eigenvalue weighted by Gasteiger charge is -2.33. The Morgan fingerprint density at radius 1 is 0.467 bits per heavy atom. The Hall–Kier alpha value is -0.160. The first-order chi connectivity index (χ1) is 14.6. The van der Waals surface area contributed by atoms with E-state index in [-0.39, 0.29) is 0 Å². The maximum atomic E-state index is 10.4. The summed E-state index contributed by atoms with van der Waals surface area (Å²) in [6.07, 6.45) is 20.6. The van der Waals surface area contributed by atoms with Gasteiger partial charge in [0.05, 0.1) is 6.10 Å². The number of unbranched alkanes of at least 4 members (excludes halogenated alkanes) is 13. The van der Waals surface area contributed by atoms with Crippen LogP contribution >= 0.6 is 0 Å². The standard InChI is InChI=1S/C26H55NO3/c1-4-7-8-9-10-11-12-13-14-15-16-17-18-19-22-24(28)23-27(25(29)20-5-2)26(30)21-6-3/h24-26,28-30H,4-23H2,1-3H3. The summed E-state index contributed by atoms with van der Waals surface area (Å²) in [5, 5.41) is 31.0. The van der Waals surface area contributed by atoms with Crippen LogP contribution in [0, 0.1) is 0 Å². The highest BCUT2D eigenvalue weighted by atomic mass is 16.3. The summed E-state index contributed by atoms with van der Waals surface area (Å²) in [5.74, 6) is 0. The lowest BCUT2D eigenvalue weighted by Crippen LogP contribution is -2.47. The van der Waals surface area contributed by atoms with Crippen LogP contribution < -0.4 is 0 Å². The lowest BCUT2D eigenvalue weighted by atomic mass is 10.0. The molecule has 30 heavy (non-hydrogen) atoms. The van der Waals surface area contributed by atoms with E-state index < -0.39 is 18.6 Å². The number of rotatable bonds is 23. The first-order valence-electron chi connectivity index (χ1n) is 13.4. The fourth-order valence-electron chi connectivity index (χ4n) is 4.20. The molecule has 0 fully saturated rings. The number of aliphatic hydroxyl groups excluding tert-OH is 3. The third-order valence-electron chi connectivity index (χ3n) is 6.17. The molecule has 3 atom stereocenters. The molecule has 3 unspecified atom stereocenters. The Kier molecular flexibility index (Phi) is 21.9. The Balaban J connectivity index is 3.67. The van der Waals surface area contributed by atoms with Gasteiger partial charge < -0.3 is 15.3 Å². The summed E-state index contributed by atoms with van der Waals surface area (Å²) in [4.78, 5) is 1.68. The van der Waals surface area contributed by atoms with Gasteiger partial charge in [0.15, 0.2) is 0 Å². The highest BCUT2D eigenvalue weighted by Gasteiger charge is 2.24. The van der Waals surface area contributed by atoms with E-state index in [1.807, 2.05) is 13.8 Å². The number of aliphatic hydroxyl groups is 3. The van der Waals surface area contributed by atoms with Crippen molar-refractivity contribution < 1.29 is 15.3 Å². The normalized spacial score (nSPS) is 14.9. The van der Waals surface area contributed by atoms with Gasteiger partial charge in [-0.25, -0.2) is 0 Å². The van der Waals surface area contributed by atoms with Crippen LogP contribution in [0.1, 0.15) is 143 Å². The van der Waals surface area contributed by atoms with Crippen molar-refractivity contribution in [3.05, 3.63) is 0 Å². The second-order valence-corrected chi connectivity index (χ2v) is 9.27. The molecule has 0 aromatic rings. The second kappa shape index (κ2) is 22.0. The van der Waals surface area contributed by atoms with Crippen molar-refractivity contribution in [2.75, 3.05) is 6.54 Å². The molecule has 0 radical (unpaired) electrons. The molecule has 4 heteroatoms. The van der Waals surface area contributed by atoms with Crippen LogP contribution in [0.4, 0.5) is 0 Å². The van der Waals surface area contributed by atoms with Crippen molar-refractivity contribution >= 4 is 0 Å². The average molecular weight is 430 g/mol. The van der Waals surface area contributed by atoms with Crippen LogP contribution in [0.2, 0.25) is 0 Å². The number of hydrogen-bond donors (Lipinski definition) is 3. The average Bonchev–Trinajstić information content (AvgIpc) is 2.72. The molecule has 0 aromatic carbocycles. The minimum absolute atomic E-state index is 0.362. The molecule has 0 aliphatic carbocycles. The smallest absolute Gasteiger partial charge is 0.109 e. The quantitative estimate of drug-likeness (QED) is 0.124. The van der Waals surface area contributed by atoms with E-state index >= 15 is 0 Å².